The molecule has 2 rings (SSSR count). The number of carbonyl (C=O) groups is 3. The second kappa shape index (κ2) is 6.98. The van der Waals surface area contributed by atoms with Crippen molar-refractivity contribution in [2.45, 2.75) is 0 Å². The Morgan fingerprint density at radius 3 is 2.48 bits per heavy atom. The molecule has 1 aromatic carbocycles. The maximum atomic E-state index is 11.8. The molecule has 8 heteroatoms. The second-order valence-electron chi connectivity index (χ2n) is 4.31. The van der Waals surface area contributed by atoms with Crippen molar-refractivity contribution in [2.75, 3.05) is 13.7 Å². The predicted octanol–water partition coefficient (Wildman–Crippen LogP) is 1.22. The largest absolute Gasteiger partial charge is 0.493 e. The minimum Gasteiger partial charge on any atom is -0.493 e. The highest BCUT2D eigenvalue weighted by molar-refractivity contribution is 9.10. The smallest absolute Gasteiger partial charge is 0.328 e. The van der Waals surface area contributed by atoms with Gasteiger partial charge in [-0.25, -0.2) is 4.79 Å². The van der Waals surface area contributed by atoms with E-state index in [-0.39, 0.29) is 17.9 Å². The third-order valence-electron chi connectivity index (χ3n) is 2.81. The van der Waals surface area contributed by atoms with Crippen LogP contribution in [0.4, 0.5) is 4.79 Å². The summed E-state index contributed by atoms with van der Waals surface area (Å²) in [4.78, 5) is 34.7. The van der Waals surface area contributed by atoms with E-state index in [0.29, 0.717) is 15.8 Å². The van der Waals surface area contributed by atoms with Gasteiger partial charge in [-0.05, 0) is 18.2 Å². The molecule has 1 fully saturated rings. The minimum atomic E-state index is -0.868. The van der Waals surface area contributed by atoms with Gasteiger partial charge in [-0.3, -0.25) is 20.2 Å². The topological polar surface area (TPSA) is 93.7 Å². The molecule has 4 amide bonds. The van der Waals surface area contributed by atoms with Crippen LogP contribution in [0.3, 0.4) is 0 Å². The third-order valence-corrected chi connectivity index (χ3v) is 3.27. The number of benzene rings is 1. The molecule has 0 radical (unpaired) electrons. The van der Waals surface area contributed by atoms with E-state index in [1.165, 1.54) is 13.2 Å². The number of imide groups is 2. The van der Waals surface area contributed by atoms with E-state index in [4.69, 9.17) is 15.9 Å². The van der Waals surface area contributed by atoms with E-state index in [9.17, 15) is 14.4 Å². The fraction of sp³-hybridized carbons (Fsp3) is 0.133. The van der Waals surface area contributed by atoms with Crippen LogP contribution in [0.1, 0.15) is 5.56 Å². The summed E-state index contributed by atoms with van der Waals surface area (Å²) < 4.78 is 11.3. The molecule has 0 spiro atoms. The molecule has 0 saturated carbocycles. The van der Waals surface area contributed by atoms with Crippen molar-refractivity contribution in [3.8, 4) is 23.8 Å². The molecule has 0 unspecified atom stereocenters. The Kier molecular flexibility index (Phi) is 5.03. The van der Waals surface area contributed by atoms with Gasteiger partial charge in [-0.15, -0.1) is 6.42 Å². The van der Waals surface area contributed by atoms with Crippen LogP contribution in [0.25, 0.3) is 6.08 Å². The fourth-order valence-electron chi connectivity index (χ4n) is 1.88. The molecule has 0 atom stereocenters. The molecule has 23 heavy (non-hydrogen) atoms. The third kappa shape index (κ3) is 3.70. The van der Waals surface area contributed by atoms with Crippen molar-refractivity contribution < 1.29 is 23.9 Å². The average molecular weight is 379 g/mol. The van der Waals surface area contributed by atoms with Crippen LogP contribution in [0.5, 0.6) is 11.5 Å². The lowest BCUT2D eigenvalue weighted by molar-refractivity contribution is -0.123. The molecule has 7 nitrogen and oxygen atoms in total. The lowest BCUT2D eigenvalue weighted by Crippen LogP contribution is -2.51. The maximum Gasteiger partial charge on any atom is 0.328 e. The fourth-order valence-corrected chi connectivity index (χ4v) is 2.33. The molecule has 1 aliphatic heterocycles. The number of halogens is 1. The lowest BCUT2D eigenvalue weighted by atomic mass is 10.1. The molecule has 0 bridgehead atoms. The van der Waals surface area contributed by atoms with Gasteiger partial charge in [0.25, 0.3) is 11.8 Å². The molecular formula is C15H11BrN2O5. The van der Waals surface area contributed by atoms with Crippen LogP contribution in [0.2, 0.25) is 0 Å². The Morgan fingerprint density at radius 2 is 1.91 bits per heavy atom. The molecule has 118 valence electrons. The van der Waals surface area contributed by atoms with Gasteiger partial charge in [-0.1, -0.05) is 21.9 Å². The quantitative estimate of drug-likeness (QED) is 0.466. The first-order chi connectivity index (χ1) is 11.0. The van der Waals surface area contributed by atoms with Gasteiger partial charge in [0.15, 0.2) is 11.5 Å². The van der Waals surface area contributed by atoms with Gasteiger partial charge in [0, 0.05) is 10.0 Å². The summed E-state index contributed by atoms with van der Waals surface area (Å²) in [5.41, 5.74) is 0.149. The normalized spacial score (nSPS) is 13.8. The Bertz CT molecular complexity index is 742. The zero-order valence-corrected chi connectivity index (χ0v) is 13.5. The van der Waals surface area contributed by atoms with Gasteiger partial charge >= 0.3 is 6.03 Å². The molecule has 1 aliphatic rings. The van der Waals surface area contributed by atoms with Crippen molar-refractivity contribution in [3.05, 3.63) is 27.7 Å². The zero-order chi connectivity index (χ0) is 17.0. The van der Waals surface area contributed by atoms with Gasteiger partial charge < -0.3 is 9.47 Å². The maximum absolute atomic E-state index is 11.8. The number of urea groups is 1. The van der Waals surface area contributed by atoms with E-state index < -0.39 is 17.8 Å². The first-order valence-electron chi connectivity index (χ1n) is 6.28. The second-order valence-corrected chi connectivity index (χ2v) is 5.23. The number of hydrogen-bond donors (Lipinski definition) is 2. The zero-order valence-electron chi connectivity index (χ0n) is 11.9. The van der Waals surface area contributed by atoms with Gasteiger partial charge in [0.1, 0.15) is 12.2 Å². The number of barbiturate groups is 1. The molecule has 0 aliphatic carbocycles. The highest BCUT2D eigenvalue weighted by Gasteiger charge is 2.28. The monoisotopic (exact) mass is 378 g/mol. The molecule has 2 N–H and O–H groups in total. The van der Waals surface area contributed by atoms with Crippen LogP contribution >= 0.6 is 15.9 Å². The number of carbonyl (C=O) groups excluding carboxylic acids is 3. The Morgan fingerprint density at radius 1 is 1.26 bits per heavy atom. The predicted molar refractivity (Wildman–Crippen MR) is 84.7 cm³/mol. The molecule has 1 heterocycles. The Balaban J connectivity index is 2.53. The summed E-state index contributed by atoms with van der Waals surface area (Å²) in [7, 11) is 1.44. The summed E-state index contributed by atoms with van der Waals surface area (Å²) in [6, 6.07) is 2.41. The molecule has 1 aromatic rings. The minimum absolute atomic E-state index is 0.0228. The van der Waals surface area contributed by atoms with Gasteiger partial charge in [0.05, 0.1) is 7.11 Å². The number of terminal acetylenes is 1. The van der Waals surface area contributed by atoms with E-state index >= 15 is 0 Å². The first-order valence-corrected chi connectivity index (χ1v) is 7.07. The average Bonchev–Trinajstić information content (AvgIpc) is 2.49. The van der Waals surface area contributed by atoms with Crippen LogP contribution in [-0.2, 0) is 9.59 Å². The van der Waals surface area contributed by atoms with Crippen LogP contribution < -0.4 is 20.1 Å². The van der Waals surface area contributed by atoms with Crippen molar-refractivity contribution >= 4 is 39.9 Å². The summed E-state index contributed by atoms with van der Waals surface area (Å²) in [6.07, 6.45) is 6.47. The van der Waals surface area contributed by atoms with Crippen molar-refractivity contribution in [1.29, 1.82) is 0 Å². The number of amides is 4. The van der Waals surface area contributed by atoms with Crippen molar-refractivity contribution in [1.82, 2.24) is 10.6 Å². The van der Waals surface area contributed by atoms with Crippen LogP contribution in [0, 0.1) is 12.3 Å². The summed E-state index contributed by atoms with van der Waals surface area (Å²) in [5.74, 6) is 1.36. The number of hydrogen-bond acceptors (Lipinski definition) is 5. The first kappa shape index (κ1) is 16.6. The Labute approximate surface area is 140 Å². The number of methoxy groups -OCH3 is 1. The molecular weight excluding hydrogens is 368 g/mol. The van der Waals surface area contributed by atoms with E-state index in [0.717, 1.165) is 0 Å². The van der Waals surface area contributed by atoms with Crippen LogP contribution in [0.15, 0.2) is 22.2 Å². The number of rotatable bonds is 4. The number of nitrogens with one attached hydrogen (secondary N) is 2. The van der Waals surface area contributed by atoms with Crippen molar-refractivity contribution in [2.24, 2.45) is 0 Å². The van der Waals surface area contributed by atoms with Gasteiger partial charge in [-0.2, -0.15) is 0 Å². The molecule has 0 aromatic heterocycles. The summed E-state index contributed by atoms with van der Waals surface area (Å²) in [5, 5.41) is 3.98. The highest BCUT2D eigenvalue weighted by atomic mass is 79.9. The molecule has 1 saturated heterocycles. The summed E-state index contributed by atoms with van der Waals surface area (Å²) >= 11 is 3.30. The number of ether oxygens (including phenoxy) is 2. The van der Waals surface area contributed by atoms with Gasteiger partial charge in [0.2, 0.25) is 0 Å². The van der Waals surface area contributed by atoms with E-state index in [1.807, 2.05) is 10.6 Å². The SMILES string of the molecule is C#CCOc1c(C=C2C(=O)NC(=O)NC2=O)cc(Br)cc1OC. The van der Waals surface area contributed by atoms with E-state index in [2.05, 4.69) is 21.9 Å². The standard InChI is InChI=1S/C15H11BrN2O5/c1-3-4-23-12-8(5-9(16)7-11(12)22-2)6-10-13(19)17-15(21)18-14(10)20/h1,5-7H,4H2,2H3,(H2,17,18,19,20,21). The Hall–Kier alpha value is -2.79. The van der Waals surface area contributed by atoms with Crippen LogP contribution in [-0.4, -0.2) is 31.6 Å². The van der Waals surface area contributed by atoms with E-state index in [1.54, 1.807) is 12.1 Å². The highest BCUT2D eigenvalue weighted by Crippen LogP contribution is 2.36. The summed E-state index contributed by atoms with van der Waals surface area (Å²) in [6.45, 7) is -0.0228. The van der Waals surface area contributed by atoms with Crippen molar-refractivity contribution in [3.63, 3.8) is 0 Å². The lowest BCUT2D eigenvalue weighted by Gasteiger charge is -2.16.